The number of anilines is 1. The zero-order valence-electron chi connectivity index (χ0n) is 20.1. The van der Waals surface area contributed by atoms with Gasteiger partial charge in [0.1, 0.15) is 11.3 Å². The topological polar surface area (TPSA) is 88.9 Å². The second-order valence-corrected chi connectivity index (χ2v) is 10.2. The number of amides is 1. The van der Waals surface area contributed by atoms with Gasteiger partial charge >= 0.3 is 0 Å². The Morgan fingerprint density at radius 3 is 2.45 bits per heavy atom. The molecular weight excluding hydrogens is 440 g/mol. The van der Waals surface area contributed by atoms with Crippen LogP contribution in [0.25, 0.3) is 11.0 Å². The van der Waals surface area contributed by atoms with Crippen molar-refractivity contribution in [3.05, 3.63) is 53.3 Å². The van der Waals surface area contributed by atoms with Crippen LogP contribution in [0.1, 0.15) is 50.3 Å². The minimum Gasteiger partial charge on any atom is -0.495 e. The third kappa shape index (κ3) is 5.07. The SMILES string of the molecule is CCN(CC)S(=O)(=O)c1ccc(OC)c(NC(=O)Cc2coc3cc(C)c(C(C)C)cc23)c1. The average molecular weight is 473 g/mol. The molecule has 1 amide bonds. The van der Waals surface area contributed by atoms with Crippen molar-refractivity contribution in [2.45, 2.75) is 51.9 Å². The van der Waals surface area contributed by atoms with E-state index in [-0.39, 0.29) is 17.2 Å². The molecule has 8 heteroatoms. The molecule has 0 aliphatic carbocycles. The molecular formula is C25H32N2O5S. The first-order valence-corrected chi connectivity index (χ1v) is 12.5. The summed E-state index contributed by atoms with van der Waals surface area (Å²) in [6, 6.07) is 8.56. The van der Waals surface area contributed by atoms with Crippen LogP contribution >= 0.6 is 0 Å². The van der Waals surface area contributed by atoms with Crippen molar-refractivity contribution < 1.29 is 22.4 Å². The molecule has 3 aromatic rings. The van der Waals surface area contributed by atoms with Gasteiger partial charge in [-0.25, -0.2) is 8.42 Å². The summed E-state index contributed by atoms with van der Waals surface area (Å²) in [6.07, 6.45) is 1.69. The third-order valence-corrected chi connectivity index (χ3v) is 7.85. The molecule has 0 atom stereocenters. The van der Waals surface area contributed by atoms with Gasteiger partial charge in [-0.2, -0.15) is 4.31 Å². The lowest BCUT2D eigenvalue weighted by Crippen LogP contribution is -2.30. The van der Waals surface area contributed by atoms with E-state index in [9.17, 15) is 13.2 Å². The number of nitrogens with one attached hydrogen (secondary N) is 1. The number of aryl methyl sites for hydroxylation is 1. The molecule has 1 heterocycles. The molecule has 0 spiro atoms. The number of carbonyl (C=O) groups excluding carboxylic acids is 1. The van der Waals surface area contributed by atoms with Crippen molar-refractivity contribution in [2.75, 3.05) is 25.5 Å². The summed E-state index contributed by atoms with van der Waals surface area (Å²) < 4.78 is 38.2. The molecule has 178 valence electrons. The molecule has 0 unspecified atom stereocenters. The van der Waals surface area contributed by atoms with Crippen molar-refractivity contribution in [3.63, 3.8) is 0 Å². The summed E-state index contributed by atoms with van der Waals surface area (Å²) in [4.78, 5) is 13.0. The van der Waals surface area contributed by atoms with E-state index in [1.165, 1.54) is 29.1 Å². The predicted molar refractivity (Wildman–Crippen MR) is 130 cm³/mol. The Balaban J connectivity index is 1.89. The lowest BCUT2D eigenvalue weighted by molar-refractivity contribution is -0.115. The number of fused-ring (bicyclic) bond motifs is 1. The van der Waals surface area contributed by atoms with Crippen LogP contribution in [0.4, 0.5) is 5.69 Å². The van der Waals surface area contributed by atoms with Crippen LogP contribution in [0.15, 0.2) is 45.9 Å². The highest BCUT2D eigenvalue weighted by atomic mass is 32.2. The number of sulfonamides is 1. The first-order chi connectivity index (χ1) is 15.6. The Morgan fingerprint density at radius 2 is 1.85 bits per heavy atom. The normalized spacial score (nSPS) is 12.0. The first-order valence-electron chi connectivity index (χ1n) is 11.1. The summed E-state index contributed by atoms with van der Waals surface area (Å²) in [7, 11) is -2.19. The first kappa shape index (κ1) is 24.8. The molecule has 2 aromatic carbocycles. The zero-order chi connectivity index (χ0) is 24.3. The van der Waals surface area contributed by atoms with Crippen LogP contribution in [-0.4, -0.2) is 38.8 Å². The Hall–Kier alpha value is -2.84. The van der Waals surface area contributed by atoms with Crippen LogP contribution in [0, 0.1) is 6.92 Å². The maximum Gasteiger partial charge on any atom is 0.243 e. The van der Waals surface area contributed by atoms with E-state index < -0.39 is 10.0 Å². The summed E-state index contributed by atoms with van der Waals surface area (Å²) in [5, 5.41) is 3.72. The van der Waals surface area contributed by atoms with E-state index >= 15 is 0 Å². The number of rotatable bonds is 9. The Kier molecular flexibility index (Phi) is 7.49. The number of carbonyl (C=O) groups is 1. The highest BCUT2D eigenvalue weighted by molar-refractivity contribution is 7.89. The zero-order valence-corrected chi connectivity index (χ0v) is 20.9. The quantitative estimate of drug-likeness (QED) is 0.469. The second-order valence-electron chi connectivity index (χ2n) is 8.30. The Morgan fingerprint density at radius 1 is 1.15 bits per heavy atom. The van der Waals surface area contributed by atoms with Gasteiger partial charge in [0.2, 0.25) is 15.9 Å². The molecule has 0 bridgehead atoms. The van der Waals surface area contributed by atoms with Gasteiger partial charge in [0, 0.05) is 24.0 Å². The van der Waals surface area contributed by atoms with Crippen molar-refractivity contribution in [2.24, 2.45) is 0 Å². The summed E-state index contributed by atoms with van der Waals surface area (Å²) >= 11 is 0. The van der Waals surface area contributed by atoms with Crippen molar-refractivity contribution >= 4 is 32.6 Å². The van der Waals surface area contributed by atoms with E-state index in [0.717, 1.165) is 22.1 Å². The minimum absolute atomic E-state index is 0.0871. The number of furan rings is 1. The molecule has 0 radical (unpaired) electrons. The number of nitrogens with zero attached hydrogens (tertiary/aromatic N) is 1. The van der Waals surface area contributed by atoms with Gasteiger partial charge in [0.05, 0.1) is 30.4 Å². The van der Waals surface area contributed by atoms with E-state index in [0.29, 0.717) is 30.4 Å². The smallest absolute Gasteiger partial charge is 0.243 e. The molecule has 1 N–H and O–H groups in total. The van der Waals surface area contributed by atoms with Crippen molar-refractivity contribution in [1.29, 1.82) is 0 Å². The number of hydrogen-bond donors (Lipinski definition) is 1. The molecule has 7 nitrogen and oxygen atoms in total. The second kappa shape index (κ2) is 9.97. The molecule has 33 heavy (non-hydrogen) atoms. The van der Waals surface area contributed by atoms with Crippen LogP contribution < -0.4 is 10.1 Å². The van der Waals surface area contributed by atoms with Gasteiger partial charge in [-0.3, -0.25) is 4.79 Å². The van der Waals surface area contributed by atoms with Crippen LogP contribution in [-0.2, 0) is 21.2 Å². The fraction of sp³-hybridized carbons (Fsp3) is 0.400. The number of ether oxygens (including phenoxy) is 1. The summed E-state index contributed by atoms with van der Waals surface area (Å²) in [5.41, 5.74) is 4.18. The van der Waals surface area contributed by atoms with E-state index in [4.69, 9.17) is 9.15 Å². The molecule has 0 saturated heterocycles. The third-order valence-electron chi connectivity index (χ3n) is 5.80. The maximum absolute atomic E-state index is 12.9. The highest BCUT2D eigenvalue weighted by Crippen LogP contribution is 2.31. The van der Waals surface area contributed by atoms with Gasteiger partial charge in [-0.15, -0.1) is 0 Å². The lowest BCUT2D eigenvalue weighted by Gasteiger charge is -2.19. The average Bonchev–Trinajstić information content (AvgIpc) is 3.14. The van der Waals surface area contributed by atoms with E-state index in [1.54, 1.807) is 26.2 Å². The fourth-order valence-electron chi connectivity index (χ4n) is 4.03. The number of benzene rings is 2. The van der Waals surface area contributed by atoms with Gasteiger partial charge in [-0.1, -0.05) is 27.7 Å². The monoisotopic (exact) mass is 472 g/mol. The Bertz CT molecular complexity index is 1260. The summed E-state index contributed by atoms with van der Waals surface area (Å²) in [6.45, 7) is 10.6. The number of hydrogen-bond acceptors (Lipinski definition) is 5. The largest absolute Gasteiger partial charge is 0.495 e. The van der Waals surface area contributed by atoms with Crippen LogP contribution in [0.3, 0.4) is 0 Å². The molecule has 0 fully saturated rings. The van der Waals surface area contributed by atoms with Crippen molar-refractivity contribution in [3.8, 4) is 5.75 Å². The fourth-order valence-corrected chi connectivity index (χ4v) is 5.51. The number of methoxy groups -OCH3 is 1. The highest BCUT2D eigenvalue weighted by Gasteiger charge is 2.23. The van der Waals surface area contributed by atoms with Crippen LogP contribution in [0.2, 0.25) is 0 Å². The van der Waals surface area contributed by atoms with Gasteiger partial charge in [0.15, 0.2) is 0 Å². The Labute approximate surface area is 195 Å². The van der Waals surface area contributed by atoms with Gasteiger partial charge < -0.3 is 14.5 Å². The molecule has 0 aliphatic heterocycles. The van der Waals surface area contributed by atoms with Crippen molar-refractivity contribution in [1.82, 2.24) is 4.31 Å². The van der Waals surface area contributed by atoms with Gasteiger partial charge in [0.25, 0.3) is 0 Å². The van der Waals surface area contributed by atoms with E-state index in [2.05, 4.69) is 32.2 Å². The molecule has 1 aromatic heterocycles. The summed E-state index contributed by atoms with van der Waals surface area (Å²) in [5.74, 6) is 0.447. The molecule has 3 rings (SSSR count). The standard InChI is InChI=1S/C25H32N2O5S/c1-7-27(8-2)33(29,30)19-9-10-23(31-6)22(13-19)26-25(28)12-18-15-32-24-11-17(5)20(16(3)4)14-21(18)24/h9-11,13-16H,7-8,12H2,1-6H3,(H,26,28). The van der Waals surface area contributed by atoms with Gasteiger partial charge in [-0.05, 0) is 54.3 Å². The lowest BCUT2D eigenvalue weighted by atomic mass is 9.95. The van der Waals surface area contributed by atoms with E-state index in [1.807, 2.05) is 6.07 Å². The maximum atomic E-state index is 12.9. The predicted octanol–water partition coefficient (Wildman–Crippen LogP) is 5.08. The molecule has 0 aliphatic rings. The minimum atomic E-state index is -3.67. The van der Waals surface area contributed by atoms with Crippen LogP contribution in [0.5, 0.6) is 5.75 Å². The molecule has 0 saturated carbocycles.